The molecule has 5 heteroatoms. The van der Waals surface area contributed by atoms with E-state index >= 15 is 0 Å². The zero-order chi connectivity index (χ0) is 14.2. The van der Waals surface area contributed by atoms with Crippen molar-refractivity contribution in [3.63, 3.8) is 0 Å². The van der Waals surface area contributed by atoms with Crippen molar-refractivity contribution in [3.05, 3.63) is 18.4 Å². The summed E-state index contributed by atoms with van der Waals surface area (Å²) in [5, 5.41) is 2.63. The van der Waals surface area contributed by atoms with Crippen molar-refractivity contribution in [2.24, 2.45) is 0 Å². The van der Waals surface area contributed by atoms with E-state index in [9.17, 15) is 9.59 Å². The average molecular weight is 255 g/mol. The second-order valence-corrected chi connectivity index (χ2v) is 4.74. The molecule has 1 unspecified atom stereocenters. The van der Waals surface area contributed by atoms with Crippen LogP contribution in [0.5, 0.6) is 0 Å². The number of ether oxygens (including phenoxy) is 2. The predicted molar refractivity (Wildman–Crippen MR) is 68.1 cm³/mol. The summed E-state index contributed by atoms with van der Waals surface area (Å²) < 4.78 is 9.64. The summed E-state index contributed by atoms with van der Waals surface area (Å²) in [5.41, 5.74) is 2.02. The van der Waals surface area contributed by atoms with Gasteiger partial charge in [-0.05, 0) is 33.3 Å². The molecule has 0 bridgehead atoms. The molecule has 1 amide bonds. The lowest BCUT2D eigenvalue weighted by Crippen LogP contribution is -2.38. The average Bonchev–Trinajstić information content (AvgIpc) is 2.23. The van der Waals surface area contributed by atoms with Crippen LogP contribution in [0.15, 0.2) is 18.4 Å². The van der Waals surface area contributed by atoms with Gasteiger partial charge in [0.15, 0.2) is 0 Å². The summed E-state index contributed by atoms with van der Waals surface area (Å²) in [7, 11) is 1.32. The van der Waals surface area contributed by atoms with Crippen molar-refractivity contribution in [1.29, 1.82) is 0 Å². The molecule has 0 saturated heterocycles. The van der Waals surface area contributed by atoms with Crippen LogP contribution in [0.4, 0.5) is 4.79 Å². The molecule has 102 valence electrons. The maximum atomic E-state index is 11.5. The third-order valence-corrected chi connectivity index (χ3v) is 1.91. The van der Waals surface area contributed by atoms with Crippen LogP contribution in [0.2, 0.25) is 0 Å². The molecule has 0 aliphatic heterocycles. The molecule has 18 heavy (non-hydrogen) atoms. The molecule has 0 aliphatic rings. The Balaban J connectivity index is 4.31. The van der Waals surface area contributed by atoms with E-state index in [2.05, 4.69) is 22.4 Å². The molecule has 0 aliphatic carbocycles. The van der Waals surface area contributed by atoms with Crippen LogP contribution >= 0.6 is 0 Å². The Labute approximate surface area is 108 Å². The van der Waals surface area contributed by atoms with E-state index in [1.165, 1.54) is 7.11 Å². The van der Waals surface area contributed by atoms with Crippen LogP contribution in [-0.2, 0) is 14.3 Å². The number of amides is 1. The molecule has 0 radical (unpaired) electrons. The molecule has 0 aromatic carbocycles. The molecule has 1 N–H and O–H groups in total. The van der Waals surface area contributed by atoms with Gasteiger partial charge in [-0.15, -0.1) is 5.73 Å². The fourth-order valence-corrected chi connectivity index (χ4v) is 1.17. The van der Waals surface area contributed by atoms with Gasteiger partial charge in [-0.1, -0.05) is 6.58 Å². The normalized spacial score (nSPS) is 12.0. The number of nitrogens with one attached hydrogen (secondary N) is 1. The Bertz CT molecular complexity index is 337. The fourth-order valence-electron chi connectivity index (χ4n) is 1.17. The number of alkyl carbamates (subject to hydrolysis) is 1. The Hall–Kier alpha value is -1.74. The molecular weight excluding hydrogens is 234 g/mol. The third-order valence-electron chi connectivity index (χ3n) is 1.91. The highest BCUT2D eigenvalue weighted by Gasteiger charge is 2.18. The number of carbonyl (C=O) groups is 2. The molecule has 0 rings (SSSR count). The number of methoxy groups -OCH3 is 1. The zero-order valence-electron chi connectivity index (χ0n) is 11.4. The SMILES string of the molecule is C=C=CC(CCC(=O)OC)NC(=O)OC(C)(C)C. The molecule has 0 aromatic heterocycles. The minimum Gasteiger partial charge on any atom is -0.469 e. The summed E-state index contributed by atoms with van der Waals surface area (Å²) in [6, 6.07) is -0.351. The van der Waals surface area contributed by atoms with Crippen molar-refractivity contribution in [2.75, 3.05) is 7.11 Å². The molecule has 1 atom stereocenters. The lowest BCUT2D eigenvalue weighted by Gasteiger charge is -2.21. The Morgan fingerprint density at radius 3 is 2.50 bits per heavy atom. The minimum absolute atomic E-state index is 0.204. The first-order chi connectivity index (χ1) is 8.28. The van der Waals surface area contributed by atoms with Gasteiger partial charge in [0.05, 0.1) is 13.2 Å². The lowest BCUT2D eigenvalue weighted by molar-refractivity contribution is -0.140. The molecule has 0 spiro atoms. The number of carbonyl (C=O) groups excluding carboxylic acids is 2. The predicted octanol–water partition coefficient (Wildman–Crippen LogP) is 2.17. The molecule has 0 fully saturated rings. The van der Waals surface area contributed by atoms with Gasteiger partial charge in [0.2, 0.25) is 0 Å². The van der Waals surface area contributed by atoms with Gasteiger partial charge in [-0.25, -0.2) is 4.79 Å². The van der Waals surface area contributed by atoms with E-state index < -0.39 is 11.7 Å². The van der Waals surface area contributed by atoms with Crippen LogP contribution < -0.4 is 5.32 Å². The van der Waals surface area contributed by atoms with E-state index in [1.54, 1.807) is 26.8 Å². The topological polar surface area (TPSA) is 64.6 Å². The van der Waals surface area contributed by atoms with E-state index in [0.29, 0.717) is 6.42 Å². The monoisotopic (exact) mass is 255 g/mol. The molecule has 0 saturated carbocycles. The van der Waals surface area contributed by atoms with Crippen molar-refractivity contribution in [2.45, 2.75) is 45.3 Å². The highest BCUT2D eigenvalue weighted by Crippen LogP contribution is 2.08. The third kappa shape index (κ3) is 8.42. The zero-order valence-corrected chi connectivity index (χ0v) is 11.4. The lowest BCUT2D eigenvalue weighted by atomic mass is 10.1. The van der Waals surface area contributed by atoms with Crippen molar-refractivity contribution >= 4 is 12.1 Å². The quantitative estimate of drug-likeness (QED) is 0.604. The second kappa shape index (κ2) is 7.56. The van der Waals surface area contributed by atoms with Crippen LogP contribution in [0.25, 0.3) is 0 Å². The first-order valence-electron chi connectivity index (χ1n) is 5.70. The van der Waals surface area contributed by atoms with Gasteiger partial charge in [0.1, 0.15) is 5.60 Å². The smallest absolute Gasteiger partial charge is 0.408 e. The van der Waals surface area contributed by atoms with Crippen LogP contribution in [-0.4, -0.2) is 30.8 Å². The van der Waals surface area contributed by atoms with E-state index in [0.717, 1.165) is 0 Å². The van der Waals surface area contributed by atoms with E-state index in [-0.39, 0.29) is 18.4 Å². The van der Waals surface area contributed by atoms with Crippen LogP contribution in [0.3, 0.4) is 0 Å². The Kier molecular flexibility index (Phi) is 6.83. The fraction of sp³-hybridized carbons (Fsp3) is 0.615. The van der Waals surface area contributed by atoms with Crippen molar-refractivity contribution in [1.82, 2.24) is 5.32 Å². The van der Waals surface area contributed by atoms with Gasteiger partial charge in [0, 0.05) is 6.42 Å². The first-order valence-corrected chi connectivity index (χ1v) is 5.70. The first kappa shape index (κ1) is 16.3. The molecule has 0 aromatic rings. The minimum atomic E-state index is -0.561. The van der Waals surface area contributed by atoms with Crippen molar-refractivity contribution in [3.8, 4) is 0 Å². The maximum absolute atomic E-state index is 11.5. The van der Waals surface area contributed by atoms with Crippen molar-refractivity contribution < 1.29 is 19.1 Å². The van der Waals surface area contributed by atoms with Gasteiger partial charge < -0.3 is 14.8 Å². The highest BCUT2D eigenvalue weighted by atomic mass is 16.6. The standard InChI is InChI=1S/C13H21NO4/c1-6-7-10(8-9-11(15)17-5)14-12(16)18-13(2,3)4/h7,10H,1,8-9H2,2-5H3,(H,14,16). The number of hydrogen-bond acceptors (Lipinski definition) is 4. The Morgan fingerprint density at radius 2 is 2.06 bits per heavy atom. The van der Waals surface area contributed by atoms with Crippen LogP contribution in [0, 0.1) is 0 Å². The number of esters is 1. The van der Waals surface area contributed by atoms with Gasteiger partial charge in [0.25, 0.3) is 0 Å². The van der Waals surface area contributed by atoms with Gasteiger partial charge in [-0.3, -0.25) is 4.79 Å². The molecule has 5 nitrogen and oxygen atoms in total. The number of rotatable bonds is 5. The Morgan fingerprint density at radius 1 is 1.44 bits per heavy atom. The number of hydrogen-bond donors (Lipinski definition) is 1. The van der Waals surface area contributed by atoms with E-state index in [1.807, 2.05) is 0 Å². The summed E-state index contributed by atoms with van der Waals surface area (Å²) in [5.74, 6) is -0.330. The second-order valence-electron chi connectivity index (χ2n) is 4.74. The van der Waals surface area contributed by atoms with Gasteiger partial charge in [-0.2, -0.15) is 0 Å². The summed E-state index contributed by atoms with van der Waals surface area (Å²) >= 11 is 0. The maximum Gasteiger partial charge on any atom is 0.408 e. The van der Waals surface area contributed by atoms with Gasteiger partial charge >= 0.3 is 12.1 Å². The van der Waals surface area contributed by atoms with E-state index in [4.69, 9.17) is 4.74 Å². The highest BCUT2D eigenvalue weighted by molar-refractivity contribution is 5.70. The summed E-state index contributed by atoms with van der Waals surface area (Å²) in [6.45, 7) is 8.77. The molecule has 0 heterocycles. The largest absolute Gasteiger partial charge is 0.469 e. The summed E-state index contributed by atoms with van der Waals surface area (Å²) in [4.78, 5) is 22.6. The molecular formula is C13H21NO4. The van der Waals surface area contributed by atoms with Crippen LogP contribution in [0.1, 0.15) is 33.6 Å². The summed E-state index contributed by atoms with van der Waals surface area (Å²) in [6.07, 6.45) is 1.65.